The van der Waals surface area contributed by atoms with E-state index in [1.54, 1.807) is 0 Å². The fraction of sp³-hybridized carbons (Fsp3) is 0.276. The van der Waals surface area contributed by atoms with Gasteiger partial charge in [0.05, 0.1) is 36.7 Å². The molecule has 2 aromatic carbocycles. The first kappa shape index (κ1) is 26.5. The van der Waals surface area contributed by atoms with Crippen LogP contribution in [0.1, 0.15) is 55.2 Å². The van der Waals surface area contributed by atoms with Crippen LogP contribution in [0.25, 0.3) is 16.7 Å². The van der Waals surface area contributed by atoms with E-state index in [0.29, 0.717) is 12.1 Å². The summed E-state index contributed by atoms with van der Waals surface area (Å²) in [7, 11) is 2.49. The normalized spacial score (nSPS) is 10.9. The third kappa shape index (κ3) is 5.27. The van der Waals surface area contributed by atoms with E-state index in [1.807, 2.05) is 56.6 Å². The van der Waals surface area contributed by atoms with Crippen LogP contribution >= 0.6 is 0 Å². The molecule has 0 aliphatic carbocycles. The first-order valence-electron chi connectivity index (χ1n) is 12.2. The van der Waals surface area contributed by atoms with Gasteiger partial charge >= 0.3 is 11.9 Å². The summed E-state index contributed by atoms with van der Waals surface area (Å²) >= 11 is 0. The highest BCUT2D eigenvalue weighted by Gasteiger charge is 2.19. The Labute approximate surface area is 220 Å². The Balaban J connectivity index is 1.58. The van der Waals surface area contributed by atoms with E-state index in [0.717, 1.165) is 39.2 Å². The highest BCUT2D eigenvalue weighted by atomic mass is 16.5. The Kier molecular flexibility index (Phi) is 7.57. The fourth-order valence-electron chi connectivity index (χ4n) is 4.57. The van der Waals surface area contributed by atoms with E-state index < -0.39 is 11.9 Å². The first-order chi connectivity index (χ1) is 18.1. The lowest BCUT2D eigenvalue weighted by molar-refractivity contribution is -0.116. The Morgan fingerprint density at radius 2 is 1.47 bits per heavy atom. The summed E-state index contributed by atoms with van der Waals surface area (Å²) in [6.07, 6.45) is 0.637. The molecule has 2 heterocycles. The molecule has 9 nitrogen and oxygen atoms in total. The van der Waals surface area contributed by atoms with E-state index in [1.165, 1.54) is 38.0 Å². The molecular formula is C29H30N4O5. The third-order valence-electron chi connectivity index (χ3n) is 6.51. The van der Waals surface area contributed by atoms with Crippen LogP contribution in [0, 0.1) is 27.7 Å². The summed E-state index contributed by atoms with van der Waals surface area (Å²) in [6.45, 7) is 7.96. The smallest absolute Gasteiger partial charge is 0.337 e. The number of ether oxygens (including phenoxy) is 2. The van der Waals surface area contributed by atoms with E-state index in [2.05, 4.69) is 5.32 Å². The molecule has 4 rings (SSSR count). The van der Waals surface area contributed by atoms with Gasteiger partial charge in [0.2, 0.25) is 5.91 Å². The molecule has 0 radical (unpaired) electrons. The molecule has 2 aromatic heterocycles. The van der Waals surface area contributed by atoms with Gasteiger partial charge < -0.3 is 14.8 Å². The van der Waals surface area contributed by atoms with Crippen molar-refractivity contribution < 1.29 is 23.9 Å². The van der Waals surface area contributed by atoms with E-state index >= 15 is 0 Å². The molecule has 1 N–H and O–H groups in total. The maximum Gasteiger partial charge on any atom is 0.337 e. The number of anilines is 1. The van der Waals surface area contributed by atoms with Gasteiger partial charge in [-0.3, -0.25) is 4.79 Å². The standard InChI is InChI=1S/C29H30N4O5/c1-16-7-9-23(10-8-16)33-27-26(19(4)32-33)17(2)24(18(3)30-27)11-12-25(34)31-22-14-20(28(35)37-5)13-21(15-22)29(36)38-6/h7-10,13-15H,11-12H2,1-6H3,(H,31,34). The molecule has 0 bridgehead atoms. The molecule has 0 spiro atoms. The SMILES string of the molecule is COC(=O)c1cc(NC(=O)CCc2c(C)nc3c(c(C)nn3-c3ccc(C)cc3)c2C)cc(C(=O)OC)c1. The second-order valence-corrected chi connectivity index (χ2v) is 9.16. The summed E-state index contributed by atoms with van der Waals surface area (Å²) in [5, 5.41) is 8.49. The van der Waals surface area contributed by atoms with Gasteiger partial charge in [0, 0.05) is 23.2 Å². The zero-order valence-corrected chi connectivity index (χ0v) is 22.3. The number of aromatic nitrogens is 3. The van der Waals surface area contributed by atoms with Crippen molar-refractivity contribution in [2.24, 2.45) is 0 Å². The summed E-state index contributed by atoms with van der Waals surface area (Å²) in [5.74, 6) is -1.52. The number of pyridine rings is 1. The number of aryl methyl sites for hydroxylation is 4. The van der Waals surface area contributed by atoms with Crippen molar-refractivity contribution in [3.8, 4) is 5.69 Å². The van der Waals surface area contributed by atoms with Crippen LogP contribution in [0.3, 0.4) is 0 Å². The van der Waals surface area contributed by atoms with Crippen molar-refractivity contribution in [1.82, 2.24) is 14.8 Å². The van der Waals surface area contributed by atoms with E-state index in [-0.39, 0.29) is 23.5 Å². The van der Waals surface area contributed by atoms with Gasteiger partial charge in [-0.1, -0.05) is 17.7 Å². The molecule has 0 saturated heterocycles. The predicted molar refractivity (Wildman–Crippen MR) is 144 cm³/mol. The maximum absolute atomic E-state index is 12.9. The predicted octanol–water partition coefficient (Wildman–Crippen LogP) is 4.80. The van der Waals surface area contributed by atoms with Crippen molar-refractivity contribution in [3.63, 3.8) is 0 Å². The molecule has 0 atom stereocenters. The molecule has 196 valence electrons. The zero-order chi connectivity index (χ0) is 27.6. The molecule has 0 unspecified atom stereocenters. The molecule has 0 aliphatic heterocycles. The minimum absolute atomic E-state index is 0.133. The second-order valence-electron chi connectivity index (χ2n) is 9.16. The van der Waals surface area contributed by atoms with Crippen molar-refractivity contribution in [2.45, 2.75) is 40.5 Å². The number of methoxy groups -OCH3 is 2. The Hall–Kier alpha value is -4.53. The van der Waals surface area contributed by atoms with Crippen molar-refractivity contribution in [1.29, 1.82) is 0 Å². The Bertz CT molecular complexity index is 1520. The molecule has 4 aromatic rings. The summed E-state index contributed by atoms with van der Waals surface area (Å²) in [6, 6.07) is 12.4. The van der Waals surface area contributed by atoms with Crippen molar-refractivity contribution in [2.75, 3.05) is 19.5 Å². The van der Waals surface area contributed by atoms with Crippen LogP contribution in [-0.2, 0) is 20.7 Å². The van der Waals surface area contributed by atoms with Gasteiger partial charge in [0.15, 0.2) is 5.65 Å². The summed E-state index contributed by atoms with van der Waals surface area (Å²) in [4.78, 5) is 41.8. The number of hydrogen-bond donors (Lipinski definition) is 1. The van der Waals surface area contributed by atoms with Gasteiger partial charge in [0.1, 0.15) is 0 Å². The number of carbonyl (C=O) groups is 3. The van der Waals surface area contributed by atoms with Crippen molar-refractivity contribution >= 4 is 34.6 Å². The molecule has 0 aliphatic rings. The van der Waals surface area contributed by atoms with Gasteiger partial charge in [-0.25, -0.2) is 19.3 Å². The zero-order valence-electron chi connectivity index (χ0n) is 22.3. The van der Waals surface area contributed by atoms with Gasteiger partial charge in [-0.15, -0.1) is 0 Å². The second kappa shape index (κ2) is 10.8. The number of hydrogen-bond acceptors (Lipinski definition) is 7. The van der Waals surface area contributed by atoms with Gasteiger partial charge in [-0.05, 0) is 75.6 Å². The van der Waals surface area contributed by atoms with Crippen LogP contribution in [0.15, 0.2) is 42.5 Å². The van der Waals surface area contributed by atoms with Gasteiger partial charge in [0.25, 0.3) is 0 Å². The third-order valence-corrected chi connectivity index (χ3v) is 6.51. The maximum atomic E-state index is 12.9. The van der Waals surface area contributed by atoms with Crippen LogP contribution < -0.4 is 5.32 Å². The lowest BCUT2D eigenvalue weighted by Crippen LogP contribution is -2.15. The number of nitrogens with one attached hydrogen (secondary N) is 1. The number of fused-ring (bicyclic) bond motifs is 1. The summed E-state index contributed by atoms with van der Waals surface area (Å²) < 4.78 is 11.4. The summed E-state index contributed by atoms with van der Waals surface area (Å²) in [5.41, 5.74) is 7.17. The molecule has 0 saturated carbocycles. The number of amides is 1. The lowest BCUT2D eigenvalue weighted by atomic mass is 9.99. The Morgan fingerprint density at radius 3 is 2.05 bits per heavy atom. The number of carbonyl (C=O) groups excluding carboxylic acids is 3. The van der Waals surface area contributed by atoms with Gasteiger partial charge in [-0.2, -0.15) is 5.10 Å². The average Bonchev–Trinajstić information content (AvgIpc) is 3.23. The highest BCUT2D eigenvalue weighted by Crippen LogP contribution is 2.28. The number of rotatable bonds is 7. The number of nitrogens with zero attached hydrogens (tertiary/aromatic N) is 3. The van der Waals surface area contributed by atoms with E-state index in [4.69, 9.17) is 19.6 Å². The topological polar surface area (TPSA) is 112 Å². The largest absolute Gasteiger partial charge is 0.465 e. The monoisotopic (exact) mass is 514 g/mol. The van der Waals surface area contributed by atoms with Crippen LogP contribution in [0.2, 0.25) is 0 Å². The number of esters is 2. The minimum Gasteiger partial charge on any atom is -0.465 e. The number of benzene rings is 2. The van der Waals surface area contributed by atoms with E-state index in [9.17, 15) is 14.4 Å². The van der Waals surface area contributed by atoms with Crippen LogP contribution in [0.4, 0.5) is 5.69 Å². The lowest BCUT2D eigenvalue weighted by Gasteiger charge is -2.13. The first-order valence-corrected chi connectivity index (χ1v) is 12.2. The Morgan fingerprint density at radius 1 is 0.868 bits per heavy atom. The highest BCUT2D eigenvalue weighted by molar-refractivity contribution is 5.99. The van der Waals surface area contributed by atoms with Crippen LogP contribution in [-0.4, -0.2) is 46.8 Å². The van der Waals surface area contributed by atoms with Crippen molar-refractivity contribution in [3.05, 3.63) is 81.7 Å². The average molecular weight is 515 g/mol. The minimum atomic E-state index is -0.626. The molecule has 9 heteroatoms. The fourth-order valence-corrected chi connectivity index (χ4v) is 4.57. The molecule has 38 heavy (non-hydrogen) atoms. The molecular weight excluding hydrogens is 484 g/mol. The van der Waals surface area contributed by atoms with Crippen LogP contribution in [0.5, 0.6) is 0 Å². The quantitative estimate of drug-likeness (QED) is 0.353. The molecule has 0 fully saturated rings. The molecule has 1 amide bonds.